The van der Waals surface area contributed by atoms with E-state index in [1.807, 2.05) is 18.2 Å². The first kappa shape index (κ1) is 45.4. The number of hydrogen-bond donors (Lipinski definition) is 2. The molecular formula is C47H59FN6O9. The molecule has 2 unspecified atom stereocenters. The molecule has 0 aromatic heterocycles. The van der Waals surface area contributed by atoms with Crippen LogP contribution in [0.15, 0.2) is 60.7 Å². The number of methoxy groups -OCH3 is 1. The van der Waals surface area contributed by atoms with Gasteiger partial charge in [0.15, 0.2) is 0 Å². The summed E-state index contributed by atoms with van der Waals surface area (Å²) >= 11 is 0. The fourth-order valence-electron chi connectivity index (χ4n) is 9.08. The van der Waals surface area contributed by atoms with Crippen LogP contribution in [0.4, 0.5) is 20.6 Å². The summed E-state index contributed by atoms with van der Waals surface area (Å²) in [6, 6.07) is 16.6. The highest BCUT2D eigenvalue weighted by atomic mass is 19.1. The predicted octanol–water partition coefficient (Wildman–Crippen LogP) is 4.23. The molecule has 3 amide bonds. The predicted molar refractivity (Wildman–Crippen MR) is 233 cm³/mol. The molecule has 2 saturated heterocycles. The molecule has 5 atom stereocenters. The molecule has 3 aromatic rings. The van der Waals surface area contributed by atoms with Crippen LogP contribution < -0.4 is 20.6 Å². The van der Waals surface area contributed by atoms with Crippen molar-refractivity contribution in [2.24, 2.45) is 0 Å². The maximum Gasteiger partial charge on any atom is 0.434 e. The zero-order valence-electron chi connectivity index (χ0n) is 37.2. The molecule has 2 N–H and O–H groups in total. The molecule has 63 heavy (non-hydrogen) atoms. The van der Waals surface area contributed by atoms with Gasteiger partial charge in [0.25, 0.3) is 0 Å². The van der Waals surface area contributed by atoms with Crippen molar-refractivity contribution in [3.63, 3.8) is 0 Å². The van der Waals surface area contributed by atoms with Crippen molar-refractivity contribution in [3.05, 3.63) is 94.3 Å². The Hall–Kier alpha value is -5.58. The van der Waals surface area contributed by atoms with Crippen LogP contribution in [0.2, 0.25) is 0 Å². The van der Waals surface area contributed by atoms with Gasteiger partial charge >= 0.3 is 18.0 Å². The third-order valence-electron chi connectivity index (χ3n) is 12.4. The molecule has 4 aliphatic rings. The Labute approximate surface area is 368 Å². The second-order valence-electron chi connectivity index (χ2n) is 18.2. The third-order valence-corrected chi connectivity index (χ3v) is 12.4. The smallest absolute Gasteiger partial charge is 0.434 e. The van der Waals surface area contributed by atoms with Crippen molar-refractivity contribution in [1.82, 2.24) is 20.4 Å². The lowest BCUT2D eigenvalue weighted by atomic mass is 9.83. The maximum absolute atomic E-state index is 14.8. The Morgan fingerprint density at radius 2 is 1.73 bits per heavy atom. The number of hydrogen-bond acceptors (Lipinski definition) is 12. The minimum atomic E-state index is -1.24. The first-order valence-electron chi connectivity index (χ1n) is 21.6. The summed E-state index contributed by atoms with van der Waals surface area (Å²) in [5.74, 6) is -3.22. The van der Waals surface area contributed by atoms with Crippen LogP contribution in [0.5, 0.6) is 0 Å². The van der Waals surface area contributed by atoms with Gasteiger partial charge in [0.05, 0.1) is 43.9 Å². The van der Waals surface area contributed by atoms with Gasteiger partial charge in [0.1, 0.15) is 23.9 Å². The number of amides is 3. The average molecular weight is 871 g/mol. The highest BCUT2D eigenvalue weighted by molar-refractivity contribution is 6.03. The zero-order chi connectivity index (χ0) is 45.2. The molecule has 0 bridgehead atoms. The van der Waals surface area contributed by atoms with Crippen LogP contribution in [0.25, 0.3) is 0 Å². The van der Waals surface area contributed by atoms with Crippen molar-refractivity contribution in [3.8, 4) is 0 Å². The summed E-state index contributed by atoms with van der Waals surface area (Å²) in [5, 5.41) is 7.67. The van der Waals surface area contributed by atoms with Gasteiger partial charge in [-0.25, -0.2) is 14.2 Å². The fraction of sp³-hybridized carbons (Fsp3) is 0.511. The van der Waals surface area contributed by atoms with Gasteiger partial charge in [-0.3, -0.25) is 24.1 Å². The number of piperazine rings is 1. The third kappa shape index (κ3) is 9.98. The van der Waals surface area contributed by atoms with Crippen LogP contribution in [-0.2, 0) is 56.5 Å². The topological polar surface area (TPSA) is 159 Å². The maximum atomic E-state index is 14.8. The van der Waals surface area contributed by atoms with E-state index in [9.17, 15) is 28.4 Å². The van der Waals surface area contributed by atoms with E-state index < -0.39 is 46.9 Å². The lowest BCUT2D eigenvalue weighted by Gasteiger charge is -2.40. The van der Waals surface area contributed by atoms with Crippen molar-refractivity contribution in [2.75, 3.05) is 76.1 Å². The normalized spacial score (nSPS) is 23.5. The summed E-state index contributed by atoms with van der Waals surface area (Å²) in [7, 11) is 1.23. The van der Waals surface area contributed by atoms with E-state index in [1.54, 1.807) is 74.8 Å². The zero-order valence-corrected chi connectivity index (χ0v) is 37.2. The van der Waals surface area contributed by atoms with E-state index in [4.69, 9.17) is 19.0 Å². The summed E-state index contributed by atoms with van der Waals surface area (Å²) < 4.78 is 30.1. The number of ether oxygens (including phenoxy) is 3. The number of carbonyl (C=O) groups excluding carboxylic acids is 5. The molecule has 7 rings (SSSR count). The summed E-state index contributed by atoms with van der Waals surface area (Å²) in [5.41, 5.74) is 2.26. The largest absolute Gasteiger partial charge is 0.468 e. The molecule has 3 aromatic carbocycles. The number of nitrogens with one attached hydrogen (secondary N) is 2. The van der Waals surface area contributed by atoms with Gasteiger partial charge in [0.2, 0.25) is 11.8 Å². The first-order valence-corrected chi connectivity index (χ1v) is 21.6. The van der Waals surface area contributed by atoms with E-state index in [-0.39, 0.29) is 43.3 Å². The lowest BCUT2D eigenvalue weighted by molar-refractivity contribution is -0.157. The summed E-state index contributed by atoms with van der Waals surface area (Å²) in [6.45, 7) is 15.0. The molecule has 2 fully saturated rings. The number of anilines is 2. The van der Waals surface area contributed by atoms with Gasteiger partial charge in [-0.05, 0) is 100 Å². The Morgan fingerprint density at radius 1 is 0.984 bits per heavy atom. The van der Waals surface area contributed by atoms with Gasteiger partial charge in [-0.2, -0.15) is 0 Å². The first-order chi connectivity index (χ1) is 29.9. The quantitative estimate of drug-likeness (QED) is 0.265. The molecule has 0 radical (unpaired) electrons. The summed E-state index contributed by atoms with van der Waals surface area (Å²) in [4.78, 5) is 80.6. The standard InChI is InChI=1S/C47H59FN6O9/c1-29-27-61-20-19-51(29)25-35-26-52(18-17-49-35)45(59)63-54-30(2)41(43(57)62-46(3,4)5)42-33(9-8-10-37(42)54)23-39(55)53-28-47(6,44(58)50-24-40(56)60-7)36-16-13-32(22-38(36)53)21-31-11-14-34(48)15-12-31/h8-16,22,29-30,35,41,49H,17-21,23-28H2,1-7H3,(H,50,58)/t29-,30-,35?,41?,47+/m1/s1. The highest BCUT2D eigenvalue weighted by Crippen LogP contribution is 2.46. The van der Waals surface area contributed by atoms with Crippen LogP contribution in [0.1, 0.15) is 75.3 Å². The van der Waals surface area contributed by atoms with E-state index in [2.05, 4.69) is 22.5 Å². The minimum Gasteiger partial charge on any atom is -0.468 e. The van der Waals surface area contributed by atoms with Gasteiger partial charge in [0, 0.05) is 57.0 Å². The summed E-state index contributed by atoms with van der Waals surface area (Å²) in [6.07, 6.45) is -0.271. The van der Waals surface area contributed by atoms with Gasteiger partial charge in [-0.15, -0.1) is 0 Å². The van der Waals surface area contributed by atoms with E-state index in [0.717, 1.165) is 24.2 Å². The Kier molecular flexibility index (Phi) is 13.4. The molecular weight excluding hydrogens is 812 g/mol. The average Bonchev–Trinajstić information content (AvgIpc) is 3.71. The van der Waals surface area contributed by atoms with E-state index in [1.165, 1.54) is 24.3 Å². The molecule has 0 spiro atoms. The Morgan fingerprint density at radius 3 is 2.44 bits per heavy atom. The molecule has 4 aliphatic heterocycles. The molecule has 0 aliphatic carbocycles. The number of hydroxylamine groups is 1. The van der Waals surface area contributed by atoms with E-state index in [0.29, 0.717) is 67.3 Å². The van der Waals surface area contributed by atoms with Crippen LogP contribution in [-0.4, -0.2) is 130 Å². The van der Waals surface area contributed by atoms with Gasteiger partial charge < -0.3 is 39.5 Å². The Balaban J connectivity index is 1.17. The number of carbonyl (C=O) groups is 5. The van der Waals surface area contributed by atoms with Crippen molar-refractivity contribution < 1.29 is 47.4 Å². The molecule has 15 nitrogen and oxygen atoms in total. The van der Waals surface area contributed by atoms with Gasteiger partial charge in [-0.1, -0.05) is 36.4 Å². The highest BCUT2D eigenvalue weighted by Gasteiger charge is 2.49. The van der Waals surface area contributed by atoms with Crippen molar-refractivity contribution >= 4 is 41.2 Å². The number of halogens is 1. The Bertz CT molecular complexity index is 2220. The lowest BCUT2D eigenvalue weighted by Crippen LogP contribution is -2.59. The van der Waals surface area contributed by atoms with E-state index >= 15 is 0 Å². The monoisotopic (exact) mass is 870 g/mol. The fourth-order valence-corrected chi connectivity index (χ4v) is 9.08. The number of benzene rings is 3. The number of rotatable bonds is 11. The molecule has 4 heterocycles. The SMILES string of the molecule is COC(=O)CNC(=O)[C@@]1(C)CN(C(=O)Cc2cccc3c2C(C(=O)OC(C)(C)C)[C@@H](C)N3OC(=O)N2CCNC(CN3CCOC[C@H]3C)C2)c2cc(Cc3ccc(F)cc3)ccc21. The van der Waals surface area contributed by atoms with Crippen LogP contribution >= 0.6 is 0 Å². The number of morpholine rings is 1. The van der Waals surface area contributed by atoms with Crippen LogP contribution in [0, 0.1) is 5.82 Å². The van der Waals surface area contributed by atoms with Crippen LogP contribution in [0.3, 0.4) is 0 Å². The molecule has 16 heteroatoms. The number of fused-ring (bicyclic) bond motifs is 2. The second kappa shape index (κ2) is 18.6. The molecule has 0 saturated carbocycles. The molecule has 338 valence electrons. The second-order valence-corrected chi connectivity index (χ2v) is 18.2. The van der Waals surface area contributed by atoms with Crippen molar-refractivity contribution in [1.29, 1.82) is 0 Å². The minimum absolute atomic E-state index is 0.0257. The number of esters is 2. The van der Waals surface area contributed by atoms with Crippen molar-refractivity contribution in [2.45, 2.75) is 89.4 Å². The number of nitrogens with zero attached hydrogens (tertiary/aromatic N) is 4.